The van der Waals surface area contributed by atoms with Gasteiger partial charge in [-0.2, -0.15) is 0 Å². The second-order valence-electron chi connectivity index (χ2n) is 10.4. The van der Waals surface area contributed by atoms with Gasteiger partial charge in [0.25, 0.3) is 0 Å². The first-order valence-electron chi connectivity index (χ1n) is 13.6. The quantitative estimate of drug-likeness (QED) is 0.217. The molecule has 2 aliphatic rings. The minimum absolute atomic E-state index is 0.111. The van der Waals surface area contributed by atoms with Crippen molar-refractivity contribution in [3.63, 3.8) is 0 Å². The summed E-state index contributed by atoms with van der Waals surface area (Å²) in [6.45, 7) is 2.70. The number of benzene rings is 3. The maximum Gasteiger partial charge on any atom is 0.165 e. The predicted molar refractivity (Wildman–Crippen MR) is 143 cm³/mol. The summed E-state index contributed by atoms with van der Waals surface area (Å²) in [4.78, 5) is 0. The average molecular weight is 487 g/mol. The lowest BCUT2D eigenvalue weighted by atomic mass is 9.78. The molecular formula is C33H36F2O. The lowest BCUT2D eigenvalue weighted by Gasteiger charge is -2.27. The summed E-state index contributed by atoms with van der Waals surface area (Å²) >= 11 is 0. The molecule has 0 radical (unpaired) electrons. The van der Waals surface area contributed by atoms with E-state index >= 15 is 0 Å². The van der Waals surface area contributed by atoms with Crippen LogP contribution in [0, 0.1) is 17.6 Å². The van der Waals surface area contributed by atoms with Gasteiger partial charge in [0.15, 0.2) is 11.6 Å². The molecule has 1 atom stereocenters. The Bertz CT molecular complexity index is 1170. The molecule has 1 unspecified atom stereocenters. The average Bonchev–Trinajstić information content (AvgIpc) is 3.75. The molecule has 0 spiro atoms. The van der Waals surface area contributed by atoms with Crippen LogP contribution in [0.3, 0.4) is 0 Å². The molecule has 1 nitrogen and oxygen atoms in total. The molecule has 3 aromatic rings. The zero-order chi connectivity index (χ0) is 24.9. The van der Waals surface area contributed by atoms with Crippen molar-refractivity contribution >= 4 is 0 Å². The Balaban J connectivity index is 1.08. The van der Waals surface area contributed by atoms with E-state index in [0.717, 1.165) is 44.9 Å². The summed E-state index contributed by atoms with van der Waals surface area (Å²) in [5.74, 6) is -0.734. The number of rotatable bonds is 9. The number of allylic oxidation sites excluding steroid dienone is 2. The van der Waals surface area contributed by atoms with E-state index < -0.39 is 11.6 Å². The monoisotopic (exact) mass is 486 g/mol. The highest BCUT2D eigenvalue weighted by Crippen LogP contribution is 2.40. The van der Waals surface area contributed by atoms with Crippen molar-refractivity contribution in [3.8, 4) is 11.1 Å². The standard InChI is InChI=1S/C33H36F2O/c1-2-5-23-8-14-26(15-9-23)27-16-10-24(11-17-27)6-3-4-7-25-12-18-28(19-13-25)29-20-21-30(31-22-36-31)33(35)32(29)34/h4,7-11,14-17,20-21,25,28,31H,2-3,5-6,12-13,18-19,22H2,1H3/b7-4+. The van der Waals surface area contributed by atoms with Crippen molar-refractivity contribution < 1.29 is 13.5 Å². The zero-order valence-electron chi connectivity index (χ0n) is 21.2. The van der Waals surface area contributed by atoms with E-state index in [9.17, 15) is 8.78 Å². The van der Waals surface area contributed by atoms with Gasteiger partial charge in [-0.05, 0) is 84.6 Å². The van der Waals surface area contributed by atoms with E-state index in [0.29, 0.717) is 23.7 Å². The molecule has 2 fully saturated rings. The van der Waals surface area contributed by atoms with E-state index in [4.69, 9.17) is 4.74 Å². The Kier molecular flexibility index (Phi) is 7.96. The van der Waals surface area contributed by atoms with Crippen LogP contribution in [0.4, 0.5) is 8.78 Å². The summed E-state index contributed by atoms with van der Waals surface area (Å²) in [6.07, 6.45) is 12.6. The second-order valence-corrected chi connectivity index (χ2v) is 10.4. The zero-order valence-corrected chi connectivity index (χ0v) is 21.2. The molecule has 3 heteroatoms. The molecule has 0 aromatic heterocycles. The summed E-state index contributed by atoms with van der Waals surface area (Å²) < 4.78 is 34.2. The SMILES string of the molecule is CCCc1ccc(-c2ccc(CC/C=C/C3CCC(c4ccc(C5CO5)c(F)c4F)CC3)cc2)cc1. The Morgan fingerprint density at radius 1 is 0.750 bits per heavy atom. The third-order valence-corrected chi connectivity index (χ3v) is 7.82. The van der Waals surface area contributed by atoms with Crippen molar-refractivity contribution in [1.29, 1.82) is 0 Å². The first kappa shape index (κ1) is 24.9. The molecule has 0 N–H and O–H groups in total. The van der Waals surface area contributed by atoms with Crippen LogP contribution in [0.5, 0.6) is 0 Å². The minimum Gasteiger partial charge on any atom is -0.368 e. The van der Waals surface area contributed by atoms with E-state index in [1.165, 1.54) is 28.7 Å². The molecule has 1 saturated heterocycles. The Morgan fingerprint density at radius 3 is 1.89 bits per heavy atom. The fraction of sp³-hybridized carbons (Fsp3) is 0.394. The number of epoxide rings is 1. The van der Waals surface area contributed by atoms with Crippen molar-refractivity contribution in [2.24, 2.45) is 5.92 Å². The van der Waals surface area contributed by atoms with E-state index in [-0.39, 0.29) is 12.0 Å². The smallest absolute Gasteiger partial charge is 0.165 e. The van der Waals surface area contributed by atoms with Gasteiger partial charge in [-0.25, -0.2) is 8.78 Å². The van der Waals surface area contributed by atoms with Crippen LogP contribution < -0.4 is 0 Å². The first-order chi connectivity index (χ1) is 17.6. The van der Waals surface area contributed by atoms with Gasteiger partial charge in [0, 0.05) is 5.56 Å². The van der Waals surface area contributed by atoms with Crippen LogP contribution in [-0.4, -0.2) is 6.61 Å². The highest BCUT2D eigenvalue weighted by molar-refractivity contribution is 5.64. The number of aryl methyl sites for hydroxylation is 2. The Morgan fingerprint density at radius 2 is 1.31 bits per heavy atom. The van der Waals surface area contributed by atoms with Gasteiger partial charge in [-0.1, -0.05) is 86.2 Å². The molecule has 0 amide bonds. The lowest BCUT2D eigenvalue weighted by molar-refractivity contribution is 0.360. The molecule has 1 heterocycles. The molecule has 0 bridgehead atoms. The number of ether oxygens (including phenoxy) is 1. The van der Waals surface area contributed by atoms with Crippen molar-refractivity contribution in [2.45, 2.75) is 70.3 Å². The van der Waals surface area contributed by atoms with Gasteiger partial charge < -0.3 is 4.74 Å². The molecule has 5 rings (SSSR count). The molecule has 1 aliphatic carbocycles. The summed E-state index contributed by atoms with van der Waals surface area (Å²) in [5, 5.41) is 0. The van der Waals surface area contributed by atoms with Crippen LogP contribution >= 0.6 is 0 Å². The van der Waals surface area contributed by atoms with E-state index in [2.05, 4.69) is 67.6 Å². The minimum atomic E-state index is -0.713. The van der Waals surface area contributed by atoms with Crippen LogP contribution in [-0.2, 0) is 17.6 Å². The van der Waals surface area contributed by atoms with Crippen LogP contribution in [0.1, 0.15) is 79.7 Å². The highest BCUT2D eigenvalue weighted by atomic mass is 19.2. The molecular weight excluding hydrogens is 450 g/mol. The van der Waals surface area contributed by atoms with Crippen LogP contribution in [0.2, 0.25) is 0 Å². The van der Waals surface area contributed by atoms with Crippen molar-refractivity contribution in [1.82, 2.24) is 0 Å². The molecule has 1 saturated carbocycles. The van der Waals surface area contributed by atoms with Crippen molar-refractivity contribution in [3.05, 3.63) is 107 Å². The van der Waals surface area contributed by atoms with Gasteiger partial charge in [-0.15, -0.1) is 0 Å². The maximum absolute atomic E-state index is 14.7. The number of halogens is 2. The first-order valence-corrected chi connectivity index (χ1v) is 13.6. The molecule has 1 aliphatic heterocycles. The van der Waals surface area contributed by atoms with E-state index in [1.807, 2.05) is 0 Å². The fourth-order valence-corrected chi connectivity index (χ4v) is 5.55. The predicted octanol–water partition coefficient (Wildman–Crippen LogP) is 9.12. The number of hydrogen-bond donors (Lipinski definition) is 0. The molecule has 188 valence electrons. The van der Waals surface area contributed by atoms with Gasteiger partial charge in [0.1, 0.15) is 6.10 Å². The second kappa shape index (κ2) is 11.5. The normalized spacial score (nSPS) is 21.7. The molecule has 36 heavy (non-hydrogen) atoms. The largest absolute Gasteiger partial charge is 0.368 e. The maximum atomic E-state index is 14.7. The third kappa shape index (κ3) is 5.95. The molecule has 3 aromatic carbocycles. The van der Waals surface area contributed by atoms with Gasteiger partial charge >= 0.3 is 0 Å². The summed E-state index contributed by atoms with van der Waals surface area (Å²) in [6, 6.07) is 21.3. The van der Waals surface area contributed by atoms with Gasteiger partial charge in [0.2, 0.25) is 0 Å². The van der Waals surface area contributed by atoms with Crippen molar-refractivity contribution in [2.75, 3.05) is 6.61 Å². The van der Waals surface area contributed by atoms with E-state index in [1.54, 1.807) is 12.1 Å². The highest BCUT2D eigenvalue weighted by Gasteiger charge is 2.32. The van der Waals surface area contributed by atoms with Gasteiger partial charge in [0.05, 0.1) is 6.61 Å². The Hall–Kier alpha value is -2.78. The summed E-state index contributed by atoms with van der Waals surface area (Å²) in [7, 11) is 0. The Labute approximate surface area is 214 Å². The van der Waals surface area contributed by atoms with Crippen LogP contribution in [0.15, 0.2) is 72.8 Å². The topological polar surface area (TPSA) is 12.5 Å². The fourth-order valence-electron chi connectivity index (χ4n) is 5.55. The van der Waals surface area contributed by atoms with Gasteiger partial charge in [-0.3, -0.25) is 0 Å². The summed E-state index contributed by atoms with van der Waals surface area (Å²) in [5.41, 5.74) is 6.20. The lowest BCUT2D eigenvalue weighted by Crippen LogP contribution is -2.14. The number of hydrogen-bond acceptors (Lipinski definition) is 1. The van der Waals surface area contributed by atoms with Crippen LogP contribution in [0.25, 0.3) is 11.1 Å². The third-order valence-electron chi connectivity index (χ3n) is 7.82.